The van der Waals surface area contributed by atoms with E-state index in [2.05, 4.69) is 10.3 Å². The van der Waals surface area contributed by atoms with E-state index in [4.69, 9.17) is 4.42 Å². The van der Waals surface area contributed by atoms with Gasteiger partial charge in [0.25, 0.3) is 5.91 Å². The Hall–Kier alpha value is -3.15. The van der Waals surface area contributed by atoms with Crippen LogP contribution in [0.3, 0.4) is 0 Å². The maximum atomic E-state index is 13.1. The molecule has 3 rings (SSSR count). The molecule has 0 saturated heterocycles. The van der Waals surface area contributed by atoms with Crippen molar-refractivity contribution in [3.63, 3.8) is 0 Å². The second-order valence-electron chi connectivity index (χ2n) is 4.90. The number of halogens is 1. The minimum Gasteiger partial charge on any atom is -0.508 e. The van der Waals surface area contributed by atoms with Gasteiger partial charge in [-0.1, -0.05) is 18.2 Å². The Labute approximate surface area is 131 Å². The third-order valence-corrected chi connectivity index (χ3v) is 3.17. The molecule has 0 radical (unpaired) electrons. The average molecular weight is 312 g/mol. The summed E-state index contributed by atoms with van der Waals surface area (Å²) in [6, 6.07) is 12.3. The number of aromatic hydroxyl groups is 1. The highest BCUT2D eigenvalue weighted by Gasteiger charge is 2.13. The van der Waals surface area contributed by atoms with Gasteiger partial charge in [0.2, 0.25) is 5.89 Å². The molecule has 0 aliphatic heterocycles. The molecular weight excluding hydrogens is 299 g/mol. The van der Waals surface area contributed by atoms with Crippen LogP contribution in [0.5, 0.6) is 5.75 Å². The molecular formula is C17H13FN2O3. The number of carbonyl (C=O) groups excluding carboxylic acids is 1. The van der Waals surface area contributed by atoms with E-state index < -0.39 is 5.91 Å². The second-order valence-corrected chi connectivity index (χ2v) is 4.90. The highest BCUT2D eigenvalue weighted by molar-refractivity contribution is 5.92. The van der Waals surface area contributed by atoms with Crippen LogP contribution in [0, 0.1) is 5.82 Å². The highest BCUT2D eigenvalue weighted by atomic mass is 19.1. The first-order chi connectivity index (χ1) is 11.1. The molecule has 0 aliphatic rings. The van der Waals surface area contributed by atoms with Crippen LogP contribution in [0.15, 0.2) is 59.2 Å². The first-order valence-corrected chi connectivity index (χ1v) is 6.89. The SMILES string of the molecule is O=C(NCc1cccc(F)c1)c1coc(-c2cccc(O)c2)n1. The number of aromatic nitrogens is 1. The highest BCUT2D eigenvalue weighted by Crippen LogP contribution is 2.22. The van der Waals surface area contributed by atoms with Crippen molar-refractivity contribution >= 4 is 5.91 Å². The largest absolute Gasteiger partial charge is 0.508 e. The third kappa shape index (κ3) is 3.55. The summed E-state index contributed by atoms with van der Waals surface area (Å²) in [5, 5.41) is 12.1. The Morgan fingerprint density at radius 2 is 2.04 bits per heavy atom. The number of nitrogens with one attached hydrogen (secondary N) is 1. The van der Waals surface area contributed by atoms with E-state index in [-0.39, 0.29) is 29.7 Å². The van der Waals surface area contributed by atoms with Crippen LogP contribution in [-0.2, 0) is 6.54 Å². The van der Waals surface area contributed by atoms with Crippen LogP contribution in [-0.4, -0.2) is 16.0 Å². The Morgan fingerprint density at radius 1 is 1.22 bits per heavy atom. The molecule has 3 aromatic rings. The molecule has 2 N–H and O–H groups in total. The summed E-state index contributed by atoms with van der Waals surface area (Å²) >= 11 is 0. The van der Waals surface area contributed by atoms with Gasteiger partial charge in [0.15, 0.2) is 5.69 Å². The molecule has 0 bridgehead atoms. The van der Waals surface area contributed by atoms with Gasteiger partial charge in [0.05, 0.1) is 0 Å². The molecule has 0 aliphatic carbocycles. The Bertz CT molecular complexity index is 845. The predicted molar refractivity (Wildman–Crippen MR) is 81.2 cm³/mol. The Kier molecular flexibility index (Phi) is 4.05. The smallest absolute Gasteiger partial charge is 0.273 e. The summed E-state index contributed by atoms with van der Waals surface area (Å²) in [5.74, 6) is -0.469. The fourth-order valence-electron chi connectivity index (χ4n) is 2.07. The summed E-state index contributed by atoms with van der Waals surface area (Å²) < 4.78 is 18.3. The molecule has 6 heteroatoms. The van der Waals surface area contributed by atoms with E-state index in [1.54, 1.807) is 24.3 Å². The standard InChI is InChI=1S/C17H13FN2O3/c18-13-5-1-3-11(7-13)9-19-16(22)15-10-23-17(20-15)12-4-2-6-14(21)8-12/h1-8,10,21H,9H2,(H,19,22). The molecule has 0 saturated carbocycles. The molecule has 1 heterocycles. The number of hydrogen-bond donors (Lipinski definition) is 2. The zero-order chi connectivity index (χ0) is 16.2. The van der Waals surface area contributed by atoms with E-state index in [1.807, 2.05) is 0 Å². The van der Waals surface area contributed by atoms with Crippen LogP contribution in [0.4, 0.5) is 4.39 Å². The number of phenolic OH excluding ortho intramolecular Hbond substituents is 1. The van der Waals surface area contributed by atoms with Crippen molar-refractivity contribution in [1.82, 2.24) is 10.3 Å². The van der Waals surface area contributed by atoms with E-state index in [9.17, 15) is 14.3 Å². The van der Waals surface area contributed by atoms with Gasteiger partial charge in [-0.2, -0.15) is 0 Å². The molecule has 0 unspecified atom stereocenters. The van der Waals surface area contributed by atoms with E-state index in [0.29, 0.717) is 11.1 Å². The normalized spacial score (nSPS) is 10.5. The van der Waals surface area contributed by atoms with Crippen molar-refractivity contribution in [2.75, 3.05) is 0 Å². The molecule has 0 spiro atoms. The Balaban J connectivity index is 1.69. The first-order valence-electron chi connectivity index (χ1n) is 6.89. The number of benzene rings is 2. The van der Waals surface area contributed by atoms with Gasteiger partial charge >= 0.3 is 0 Å². The van der Waals surface area contributed by atoms with Gasteiger partial charge in [0, 0.05) is 12.1 Å². The minimum atomic E-state index is -0.426. The topological polar surface area (TPSA) is 75.4 Å². The summed E-state index contributed by atoms with van der Waals surface area (Å²) in [4.78, 5) is 16.1. The van der Waals surface area contributed by atoms with Gasteiger partial charge in [-0.3, -0.25) is 4.79 Å². The maximum Gasteiger partial charge on any atom is 0.273 e. The molecule has 0 atom stereocenters. The number of rotatable bonds is 4. The summed E-state index contributed by atoms with van der Waals surface area (Å²) in [7, 11) is 0. The van der Waals surface area contributed by atoms with Crippen molar-refractivity contribution in [2.45, 2.75) is 6.54 Å². The van der Waals surface area contributed by atoms with Crippen LogP contribution in [0.1, 0.15) is 16.1 Å². The lowest BCUT2D eigenvalue weighted by molar-refractivity contribution is 0.0946. The molecule has 5 nitrogen and oxygen atoms in total. The number of oxazole rings is 1. The number of hydrogen-bond acceptors (Lipinski definition) is 4. The van der Waals surface area contributed by atoms with Crippen LogP contribution >= 0.6 is 0 Å². The summed E-state index contributed by atoms with van der Waals surface area (Å²) in [5.41, 5.74) is 1.32. The number of phenols is 1. The van der Waals surface area contributed by atoms with Crippen molar-refractivity contribution in [3.05, 3.63) is 71.9 Å². The van der Waals surface area contributed by atoms with Crippen LogP contribution < -0.4 is 5.32 Å². The number of nitrogens with zero attached hydrogens (tertiary/aromatic N) is 1. The summed E-state index contributed by atoms with van der Waals surface area (Å²) in [6.07, 6.45) is 1.24. The van der Waals surface area contributed by atoms with Crippen molar-refractivity contribution in [3.8, 4) is 17.2 Å². The summed E-state index contributed by atoms with van der Waals surface area (Å²) in [6.45, 7) is 0.185. The fraction of sp³-hybridized carbons (Fsp3) is 0.0588. The van der Waals surface area contributed by atoms with E-state index >= 15 is 0 Å². The zero-order valence-corrected chi connectivity index (χ0v) is 12.0. The minimum absolute atomic E-state index is 0.0813. The average Bonchev–Trinajstić information content (AvgIpc) is 3.03. The quantitative estimate of drug-likeness (QED) is 0.776. The predicted octanol–water partition coefficient (Wildman–Crippen LogP) is 3.12. The first kappa shape index (κ1) is 14.8. The van der Waals surface area contributed by atoms with Crippen molar-refractivity contribution in [2.24, 2.45) is 0 Å². The molecule has 116 valence electrons. The zero-order valence-electron chi connectivity index (χ0n) is 12.0. The lowest BCUT2D eigenvalue weighted by atomic mass is 10.2. The third-order valence-electron chi connectivity index (χ3n) is 3.17. The van der Waals surface area contributed by atoms with Gasteiger partial charge in [0.1, 0.15) is 17.8 Å². The van der Waals surface area contributed by atoms with Crippen LogP contribution in [0.2, 0.25) is 0 Å². The monoisotopic (exact) mass is 312 g/mol. The van der Waals surface area contributed by atoms with E-state index in [1.165, 1.54) is 30.5 Å². The molecule has 0 fully saturated rings. The molecule has 2 aromatic carbocycles. The molecule has 1 aromatic heterocycles. The van der Waals surface area contributed by atoms with Crippen LogP contribution in [0.25, 0.3) is 11.5 Å². The van der Waals surface area contributed by atoms with Gasteiger partial charge in [-0.25, -0.2) is 9.37 Å². The molecule has 1 amide bonds. The van der Waals surface area contributed by atoms with Crippen molar-refractivity contribution in [1.29, 1.82) is 0 Å². The van der Waals surface area contributed by atoms with Gasteiger partial charge in [-0.15, -0.1) is 0 Å². The lowest BCUT2D eigenvalue weighted by Gasteiger charge is -2.03. The van der Waals surface area contributed by atoms with Gasteiger partial charge < -0.3 is 14.8 Å². The maximum absolute atomic E-state index is 13.1. The lowest BCUT2D eigenvalue weighted by Crippen LogP contribution is -2.23. The van der Waals surface area contributed by atoms with Crippen molar-refractivity contribution < 1.29 is 18.7 Å². The number of carbonyl (C=O) groups is 1. The molecule has 23 heavy (non-hydrogen) atoms. The van der Waals surface area contributed by atoms with E-state index in [0.717, 1.165) is 0 Å². The fourth-order valence-corrected chi connectivity index (χ4v) is 2.07. The Morgan fingerprint density at radius 3 is 2.83 bits per heavy atom. The number of amides is 1. The van der Waals surface area contributed by atoms with Gasteiger partial charge in [-0.05, 0) is 35.9 Å². The second kappa shape index (κ2) is 6.31.